The van der Waals surface area contributed by atoms with E-state index in [0.717, 1.165) is 35.9 Å². The number of pyridine rings is 1. The van der Waals surface area contributed by atoms with Crippen molar-refractivity contribution in [1.29, 1.82) is 10.8 Å². The van der Waals surface area contributed by atoms with E-state index in [0.29, 0.717) is 23.2 Å². The van der Waals surface area contributed by atoms with E-state index in [1.54, 1.807) is 6.20 Å². The summed E-state index contributed by atoms with van der Waals surface area (Å²) in [5, 5.41) is 26.4. The van der Waals surface area contributed by atoms with Gasteiger partial charge in [-0.05, 0) is 55.0 Å². The summed E-state index contributed by atoms with van der Waals surface area (Å²) < 4.78 is 0. The molecular weight excluding hydrogens is 414 g/mol. The fraction of sp³-hybridized carbons (Fsp3) is 0.440. The van der Waals surface area contributed by atoms with Crippen molar-refractivity contribution in [2.24, 2.45) is 11.0 Å². The van der Waals surface area contributed by atoms with Gasteiger partial charge in [0.15, 0.2) is 0 Å². The molecule has 8 nitrogen and oxygen atoms in total. The Morgan fingerprint density at radius 1 is 1.21 bits per heavy atom. The Bertz CT molecular complexity index is 1050. The van der Waals surface area contributed by atoms with Crippen LogP contribution >= 0.6 is 0 Å². The number of H-pyrrole nitrogens is 1. The number of nitrogens with zero attached hydrogens (tertiary/aromatic N) is 1. The number of rotatable bonds is 9. The van der Waals surface area contributed by atoms with Gasteiger partial charge in [-0.25, -0.2) is 0 Å². The molecule has 2 aromatic rings. The predicted molar refractivity (Wildman–Crippen MR) is 137 cm³/mol. The average Bonchev–Trinajstić information content (AvgIpc) is 2.78. The molecule has 1 aliphatic carbocycles. The fourth-order valence-corrected chi connectivity index (χ4v) is 4.36. The second-order valence-corrected chi connectivity index (χ2v) is 8.94. The second-order valence-electron chi connectivity index (χ2n) is 8.94. The number of aromatic nitrogens is 1. The van der Waals surface area contributed by atoms with Crippen LogP contribution in [-0.2, 0) is 0 Å². The number of aromatic amines is 1. The maximum absolute atomic E-state index is 12.6. The minimum atomic E-state index is -0.283. The minimum Gasteiger partial charge on any atom is -0.382 e. The average molecular weight is 450 g/mol. The van der Waals surface area contributed by atoms with Crippen LogP contribution in [0.3, 0.4) is 0 Å². The van der Waals surface area contributed by atoms with Crippen LogP contribution in [0, 0.1) is 23.7 Å². The third-order valence-electron chi connectivity index (χ3n) is 6.08. The van der Waals surface area contributed by atoms with E-state index in [4.69, 9.17) is 10.8 Å². The largest absolute Gasteiger partial charge is 0.382 e. The van der Waals surface area contributed by atoms with E-state index in [1.807, 2.05) is 31.2 Å². The molecular formula is C25H35N7O. The lowest BCUT2D eigenvalue weighted by Crippen LogP contribution is -2.29. The fourth-order valence-electron chi connectivity index (χ4n) is 4.36. The molecule has 1 heterocycles. The van der Waals surface area contributed by atoms with Crippen molar-refractivity contribution in [3.8, 4) is 0 Å². The van der Waals surface area contributed by atoms with Crippen LogP contribution < -0.4 is 21.6 Å². The Hall–Kier alpha value is -3.42. The normalized spacial score (nSPS) is 15.4. The van der Waals surface area contributed by atoms with Crippen molar-refractivity contribution in [1.82, 2.24) is 10.4 Å². The van der Waals surface area contributed by atoms with Gasteiger partial charge in [0.2, 0.25) is 0 Å². The molecule has 0 spiro atoms. The van der Waals surface area contributed by atoms with Gasteiger partial charge in [0.1, 0.15) is 11.4 Å². The third-order valence-corrected chi connectivity index (χ3v) is 6.08. The van der Waals surface area contributed by atoms with Crippen LogP contribution in [0.2, 0.25) is 0 Å². The van der Waals surface area contributed by atoms with Crippen LogP contribution in [0.4, 0.5) is 11.4 Å². The highest BCUT2D eigenvalue weighted by Gasteiger charge is 2.20. The molecule has 0 bridgehead atoms. The zero-order valence-corrected chi connectivity index (χ0v) is 19.7. The molecule has 33 heavy (non-hydrogen) atoms. The van der Waals surface area contributed by atoms with Gasteiger partial charge in [-0.2, -0.15) is 5.10 Å². The Morgan fingerprint density at radius 3 is 2.64 bits per heavy atom. The molecule has 1 aliphatic rings. The molecule has 0 amide bonds. The van der Waals surface area contributed by atoms with E-state index < -0.39 is 0 Å². The number of hydrogen-bond donors (Lipinski definition) is 6. The van der Waals surface area contributed by atoms with Crippen molar-refractivity contribution in [3.63, 3.8) is 0 Å². The molecule has 1 aromatic heterocycles. The van der Waals surface area contributed by atoms with Crippen LogP contribution in [0.5, 0.6) is 0 Å². The lowest BCUT2D eigenvalue weighted by molar-refractivity contribution is 0.422. The van der Waals surface area contributed by atoms with E-state index in [-0.39, 0.29) is 17.4 Å². The van der Waals surface area contributed by atoms with Crippen molar-refractivity contribution < 1.29 is 0 Å². The zero-order valence-electron chi connectivity index (χ0n) is 19.7. The van der Waals surface area contributed by atoms with Crippen LogP contribution in [0.1, 0.15) is 68.7 Å². The van der Waals surface area contributed by atoms with Crippen LogP contribution in [-0.4, -0.2) is 29.3 Å². The van der Waals surface area contributed by atoms with E-state index in [9.17, 15) is 4.79 Å². The summed E-state index contributed by atoms with van der Waals surface area (Å²) in [6, 6.07) is 8.08. The highest BCUT2D eigenvalue weighted by atomic mass is 16.1. The summed E-state index contributed by atoms with van der Waals surface area (Å²) in [6.45, 7) is 6.25. The highest BCUT2D eigenvalue weighted by molar-refractivity contribution is 6.14. The summed E-state index contributed by atoms with van der Waals surface area (Å²) in [7, 11) is 0. The first kappa shape index (κ1) is 24.2. The predicted octanol–water partition coefficient (Wildman–Crippen LogP) is 4.79. The summed E-state index contributed by atoms with van der Waals surface area (Å²) in [5.74, 6) is 0.358. The molecule has 1 saturated carbocycles. The van der Waals surface area contributed by atoms with Gasteiger partial charge in [0.25, 0.3) is 5.56 Å². The number of amidine groups is 1. The summed E-state index contributed by atoms with van der Waals surface area (Å²) in [4.78, 5) is 15.3. The number of aryl methyl sites for hydroxylation is 1. The SMILES string of the molecule is Cc1cc(NC(=N)c2c(NC3CCCCC3)cc[nH]c2=O)ccc1C(N/N=C\C=N)C(C)C. The molecule has 3 rings (SSSR count). The van der Waals surface area contributed by atoms with Crippen molar-refractivity contribution in [2.45, 2.75) is 65.0 Å². The molecule has 1 unspecified atom stereocenters. The van der Waals surface area contributed by atoms with E-state index in [2.05, 4.69) is 40.0 Å². The number of anilines is 2. The maximum atomic E-state index is 12.6. The van der Waals surface area contributed by atoms with Gasteiger partial charge in [0, 0.05) is 24.1 Å². The molecule has 8 heteroatoms. The number of hydrazone groups is 1. The number of hydrogen-bond acceptors (Lipinski definition) is 6. The van der Waals surface area contributed by atoms with E-state index in [1.165, 1.54) is 25.5 Å². The molecule has 1 aromatic carbocycles. The van der Waals surface area contributed by atoms with Gasteiger partial charge >= 0.3 is 0 Å². The van der Waals surface area contributed by atoms with Gasteiger partial charge in [0.05, 0.1) is 17.9 Å². The minimum absolute atomic E-state index is 0.00188. The maximum Gasteiger partial charge on any atom is 0.261 e. The van der Waals surface area contributed by atoms with Crippen LogP contribution in [0.25, 0.3) is 0 Å². The zero-order chi connectivity index (χ0) is 23.8. The second kappa shape index (κ2) is 11.4. The first-order chi connectivity index (χ1) is 15.9. The number of nitrogens with one attached hydrogen (secondary N) is 6. The third kappa shape index (κ3) is 6.31. The molecule has 0 radical (unpaired) electrons. The molecule has 0 saturated heterocycles. The molecule has 0 aliphatic heterocycles. The lowest BCUT2D eigenvalue weighted by atomic mass is 9.93. The summed E-state index contributed by atoms with van der Waals surface area (Å²) in [6.07, 6.45) is 9.99. The van der Waals surface area contributed by atoms with Gasteiger partial charge < -0.3 is 26.5 Å². The van der Waals surface area contributed by atoms with Crippen molar-refractivity contribution in [2.75, 3.05) is 10.6 Å². The van der Waals surface area contributed by atoms with Gasteiger partial charge in [-0.3, -0.25) is 10.2 Å². The Labute approximate surface area is 195 Å². The molecule has 176 valence electrons. The molecule has 1 fully saturated rings. The molecule has 1 atom stereocenters. The van der Waals surface area contributed by atoms with Gasteiger partial charge in [-0.15, -0.1) is 0 Å². The standard InChI is InChI=1S/C25H35N7O/c1-16(2)23(32-29-14-12-26)20-10-9-19(15-17(20)3)31-24(27)22-21(11-13-28-25(22)33)30-18-7-5-4-6-8-18/h9-16,18,23,26,32H,4-8H2,1-3H3,(H2,27,31)(H2,28,30,33)/b26-12?,29-14-. The topological polar surface area (TPSA) is 129 Å². The van der Waals surface area contributed by atoms with Crippen molar-refractivity contribution in [3.05, 3.63) is 57.5 Å². The van der Waals surface area contributed by atoms with Gasteiger partial charge in [-0.1, -0.05) is 39.2 Å². The lowest BCUT2D eigenvalue weighted by Gasteiger charge is -2.25. The highest BCUT2D eigenvalue weighted by Crippen LogP contribution is 2.28. The van der Waals surface area contributed by atoms with E-state index >= 15 is 0 Å². The quantitative estimate of drug-likeness (QED) is 0.187. The first-order valence-corrected chi connectivity index (χ1v) is 11.6. The molecule has 6 N–H and O–H groups in total. The smallest absolute Gasteiger partial charge is 0.261 e. The Kier molecular flexibility index (Phi) is 8.40. The summed E-state index contributed by atoms with van der Waals surface area (Å²) >= 11 is 0. The monoisotopic (exact) mass is 449 g/mol. The Morgan fingerprint density at radius 2 is 1.97 bits per heavy atom. The Balaban J connectivity index is 1.79. The van der Waals surface area contributed by atoms with Crippen LogP contribution in [0.15, 0.2) is 40.4 Å². The van der Waals surface area contributed by atoms with Crippen molar-refractivity contribution >= 4 is 29.6 Å². The first-order valence-electron chi connectivity index (χ1n) is 11.6. The number of benzene rings is 1. The summed E-state index contributed by atoms with van der Waals surface area (Å²) in [5.41, 5.74) is 6.76.